The zero-order valence-corrected chi connectivity index (χ0v) is 15.3. The van der Waals surface area contributed by atoms with E-state index in [0.717, 1.165) is 18.0 Å². The Kier molecular flexibility index (Phi) is 4.55. The maximum atomic E-state index is 12.5. The average molecular weight is 393 g/mol. The average Bonchev–Trinajstić information content (AvgIpc) is 2.56. The van der Waals surface area contributed by atoms with E-state index in [-0.39, 0.29) is 15.5 Å². The van der Waals surface area contributed by atoms with Crippen LogP contribution in [0.1, 0.15) is 5.56 Å². The third kappa shape index (κ3) is 3.75. The third-order valence-corrected chi connectivity index (χ3v) is 6.55. The van der Waals surface area contributed by atoms with Crippen molar-refractivity contribution >= 4 is 43.5 Å². The lowest BCUT2D eigenvalue weighted by atomic mass is 10.2. The maximum absolute atomic E-state index is 12.5. The number of hydrogen-bond donors (Lipinski definition) is 2. The molecule has 2 N–H and O–H groups in total. The van der Waals surface area contributed by atoms with Crippen molar-refractivity contribution in [3.63, 3.8) is 0 Å². The van der Waals surface area contributed by atoms with Crippen molar-refractivity contribution in [2.75, 3.05) is 16.4 Å². The van der Waals surface area contributed by atoms with Gasteiger partial charge in [-0.15, -0.1) is 4.40 Å². The molecule has 0 spiro atoms. The Balaban J connectivity index is 1.83. The van der Waals surface area contributed by atoms with E-state index >= 15 is 0 Å². The number of rotatable bonds is 4. The largest absolute Gasteiger partial charge is 0.345 e. The number of benzene rings is 2. The van der Waals surface area contributed by atoms with E-state index < -0.39 is 31.5 Å². The quantitative estimate of drug-likeness (QED) is 0.813. The van der Waals surface area contributed by atoms with Gasteiger partial charge in [0.2, 0.25) is 5.91 Å². The second-order valence-corrected chi connectivity index (χ2v) is 9.28. The summed E-state index contributed by atoms with van der Waals surface area (Å²) in [5, 5.41) is 5.13. The molecule has 26 heavy (non-hydrogen) atoms. The lowest BCUT2D eigenvalue weighted by molar-refractivity contribution is -0.113. The van der Waals surface area contributed by atoms with Gasteiger partial charge in [-0.2, -0.15) is 8.42 Å². The van der Waals surface area contributed by atoms with Crippen LogP contribution in [0.2, 0.25) is 0 Å². The molecule has 1 amide bonds. The number of carbonyl (C=O) groups excluding carboxylic acids is 1. The van der Waals surface area contributed by atoms with Crippen LogP contribution in [0.25, 0.3) is 0 Å². The molecule has 0 aliphatic carbocycles. The van der Waals surface area contributed by atoms with Crippen molar-refractivity contribution in [2.24, 2.45) is 4.40 Å². The van der Waals surface area contributed by atoms with E-state index in [9.17, 15) is 21.6 Å². The van der Waals surface area contributed by atoms with E-state index in [0.29, 0.717) is 5.69 Å². The lowest BCUT2D eigenvalue weighted by Crippen LogP contribution is -2.23. The Morgan fingerprint density at radius 1 is 1.15 bits per heavy atom. The molecule has 0 saturated carbocycles. The van der Waals surface area contributed by atoms with E-state index in [1.165, 1.54) is 12.1 Å². The number of amides is 1. The monoisotopic (exact) mass is 393 g/mol. The third-order valence-electron chi connectivity index (χ3n) is 3.66. The smallest absolute Gasteiger partial charge is 0.285 e. The van der Waals surface area contributed by atoms with Gasteiger partial charge >= 0.3 is 0 Å². The molecule has 0 saturated heterocycles. The SMILES string of the molecule is Cc1ccc(NC(=O)CS(=O)(=O)c2ccc3c(c2)S(=O)(=O)N=CN3)cc1. The number of anilines is 2. The van der Waals surface area contributed by atoms with Crippen molar-refractivity contribution in [3.05, 3.63) is 48.0 Å². The van der Waals surface area contributed by atoms with Gasteiger partial charge in [-0.05, 0) is 37.3 Å². The minimum atomic E-state index is -4.03. The van der Waals surface area contributed by atoms with Crippen molar-refractivity contribution in [1.29, 1.82) is 0 Å². The standard InChI is InChI=1S/C16H15N3O5S2/c1-11-2-4-12(5-3-11)19-16(20)9-25(21,22)13-6-7-14-15(8-13)26(23,24)18-10-17-14/h2-8,10H,9H2,1H3,(H,17,18)(H,19,20). The number of sulfone groups is 1. The summed E-state index contributed by atoms with van der Waals surface area (Å²) in [7, 11) is -7.99. The summed E-state index contributed by atoms with van der Waals surface area (Å²) in [4.78, 5) is 11.5. The lowest BCUT2D eigenvalue weighted by Gasteiger charge is -2.13. The van der Waals surface area contributed by atoms with Crippen LogP contribution >= 0.6 is 0 Å². The number of fused-ring (bicyclic) bond motifs is 1. The summed E-state index contributed by atoms with van der Waals surface area (Å²) in [6.07, 6.45) is 1.01. The highest BCUT2D eigenvalue weighted by Gasteiger charge is 2.26. The van der Waals surface area contributed by atoms with Crippen LogP contribution in [-0.4, -0.2) is 34.8 Å². The van der Waals surface area contributed by atoms with Gasteiger partial charge in [0.05, 0.1) is 10.6 Å². The maximum Gasteiger partial charge on any atom is 0.285 e. The van der Waals surface area contributed by atoms with E-state index in [1.807, 2.05) is 6.92 Å². The molecular weight excluding hydrogens is 378 g/mol. The molecule has 8 nitrogen and oxygen atoms in total. The van der Waals surface area contributed by atoms with Crippen LogP contribution in [0.5, 0.6) is 0 Å². The van der Waals surface area contributed by atoms with Gasteiger partial charge < -0.3 is 10.6 Å². The second-order valence-electron chi connectivity index (χ2n) is 5.69. The molecule has 1 heterocycles. The molecule has 10 heteroatoms. The van der Waals surface area contributed by atoms with Crippen molar-refractivity contribution in [1.82, 2.24) is 0 Å². The highest BCUT2D eigenvalue weighted by molar-refractivity contribution is 7.92. The number of aryl methyl sites for hydroxylation is 1. The molecular formula is C16H15N3O5S2. The van der Waals surface area contributed by atoms with Gasteiger partial charge in [-0.1, -0.05) is 17.7 Å². The van der Waals surface area contributed by atoms with Crippen molar-refractivity contribution in [2.45, 2.75) is 16.7 Å². The molecule has 0 radical (unpaired) electrons. The van der Waals surface area contributed by atoms with Gasteiger partial charge in [-0.3, -0.25) is 4.79 Å². The van der Waals surface area contributed by atoms with E-state index in [1.54, 1.807) is 24.3 Å². The van der Waals surface area contributed by atoms with Crippen LogP contribution < -0.4 is 10.6 Å². The van der Waals surface area contributed by atoms with Gasteiger partial charge in [0.15, 0.2) is 9.84 Å². The van der Waals surface area contributed by atoms with Crippen LogP contribution in [-0.2, 0) is 24.7 Å². The number of nitrogens with zero attached hydrogens (tertiary/aromatic N) is 1. The fraction of sp³-hybridized carbons (Fsp3) is 0.125. The molecule has 136 valence electrons. The Bertz CT molecular complexity index is 1110. The summed E-state index contributed by atoms with van der Waals surface area (Å²) >= 11 is 0. The van der Waals surface area contributed by atoms with E-state index in [4.69, 9.17) is 0 Å². The predicted octanol–water partition coefficient (Wildman–Crippen LogP) is 1.55. The summed E-state index contributed by atoms with van der Waals surface area (Å²) in [6.45, 7) is 1.89. The molecule has 0 unspecified atom stereocenters. The highest BCUT2D eigenvalue weighted by Crippen LogP contribution is 2.28. The van der Waals surface area contributed by atoms with E-state index in [2.05, 4.69) is 15.0 Å². The Morgan fingerprint density at radius 3 is 2.54 bits per heavy atom. The van der Waals surface area contributed by atoms with Crippen LogP contribution in [0, 0.1) is 6.92 Å². The second kappa shape index (κ2) is 6.54. The number of carbonyl (C=O) groups is 1. The van der Waals surface area contributed by atoms with Crippen LogP contribution in [0.15, 0.2) is 56.7 Å². The topological polar surface area (TPSA) is 122 Å². The Labute approximate surface area is 150 Å². The highest BCUT2D eigenvalue weighted by atomic mass is 32.2. The first-order valence-electron chi connectivity index (χ1n) is 7.46. The molecule has 0 bridgehead atoms. The molecule has 3 rings (SSSR count). The minimum absolute atomic E-state index is 0.225. The molecule has 0 fully saturated rings. The molecule has 0 aromatic heterocycles. The van der Waals surface area contributed by atoms with Gasteiger partial charge in [0, 0.05) is 5.69 Å². The fourth-order valence-electron chi connectivity index (χ4n) is 2.34. The summed E-state index contributed by atoms with van der Waals surface area (Å²) in [6, 6.07) is 10.5. The minimum Gasteiger partial charge on any atom is -0.345 e. The Morgan fingerprint density at radius 2 is 1.85 bits per heavy atom. The predicted molar refractivity (Wildman–Crippen MR) is 97.6 cm³/mol. The van der Waals surface area contributed by atoms with Crippen molar-refractivity contribution < 1.29 is 21.6 Å². The summed E-state index contributed by atoms with van der Waals surface area (Å²) in [5.41, 5.74) is 1.70. The molecule has 1 aliphatic heterocycles. The molecule has 2 aromatic rings. The first-order valence-corrected chi connectivity index (χ1v) is 10.6. The molecule has 0 atom stereocenters. The molecule has 2 aromatic carbocycles. The van der Waals surface area contributed by atoms with Crippen LogP contribution in [0.4, 0.5) is 11.4 Å². The normalized spacial score (nSPS) is 15.0. The summed E-state index contributed by atoms with van der Waals surface area (Å²) in [5.74, 6) is -1.53. The Hall–Kier alpha value is -2.72. The zero-order valence-electron chi connectivity index (χ0n) is 13.6. The van der Waals surface area contributed by atoms with Gasteiger partial charge in [0.25, 0.3) is 10.0 Å². The molecule has 1 aliphatic rings. The number of sulfonamides is 1. The number of nitrogens with one attached hydrogen (secondary N) is 2. The van der Waals surface area contributed by atoms with Gasteiger partial charge in [0.1, 0.15) is 17.0 Å². The fourth-order valence-corrected chi connectivity index (χ4v) is 4.56. The van der Waals surface area contributed by atoms with Crippen molar-refractivity contribution in [3.8, 4) is 0 Å². The first-order chi connectivity index (χ1) is 12.2. The number of hydrogen-bond acceptors (Lipinski definition) is 6. The van der Waals surface area contributed by atoms with Crippen LogP contribution in [0.3, 0.4) is 0 Å². The summed E-state index contributed by atoms with van der Waals surface area (Å²) < 4.78 is 52.1. The van der Waals surface area contributed by atoms with Gasteiger partial charge in [-0.25, -0.2) is 8.42 Å². The first kappa shape index (κ1) is 18.1. The zero-order chi connectivity index (χ0) is 18.9.